The molecule has 0 aromatic rings. The quantitative estimate of drug-likeness (QED) is 0.0223. The monoisotopic (exact) mass is 1160 g/mol. The number of aliphatic hydroxyl groups excluding tert-OH is 2. The second kappa shape index (κ2) is 51.9. The molecule has 0 bridgehead atoms. The van der Waals surface area contributed by atoms with Crippen LogP contribution in [0.2, 0.25) is 0 Å². The standard InChI is InChI=1S/C37H75NO22P4.7Na/c1-2-3-4-5-6-7-8-9-10-14-17-20-23-26-54-37(42)29(27-55-30(39)24-21-18-15-12-11-13-16-19-22-25-38)28-56-64(52,53)60-33-31(40)34(57-61(43,44)45)36(59-63(49,50)51)35(32(33)41)58-62(46,47)48;;;;;;;/h29,31-36,40-41H,2-28,38H2,1H3,(H,52,53)(H2,43,44,45)(H2,46,47,48)(H2,49,50,51);;;;;;;/q;7*+1/p-7/t29?,31-,32-,33?,34-,35+,36?;;;;;;;/m0......./s1. The molecular formula is C37H68NNa7O22P4. The van der Waals surface area contributed by atoms with Gasteiger partial charge in [-0.05, 0) is 25.8 Å². The van der Waals surface area contributed by atoms with Gasteiger partial charge in [0.05, 0.1) is 36.7 Å². The number of ether oxygens (including phenoxy) is 2. The van der Waals surface area contributed by atoms with E-state index in [1.165, 1.54) is 44.9 Å². The Morgan fingerprint density at radius 3 is 1.21 bits per heavy atom. The number of carbonyl (C=O) groups excluding carboxylic acids is 2. The number of hydrogen-bond acceptors (Lipinski definition) is 23. The van der Waals surface area contributed by atoms with Crippen LogP contribution in [-0.4, -0.2) is 85.1 Å². The van der Waals surface area contributed by atoms with E-state index in [1.807, 2.05) is 0 Å². The second-order valence-corrected chi connectivity index (χ2v) is 20.5. The molecule has 1 aliphatic carbocycles. The zero-order valence-electron chi connectivity index (χ0n) is 43.6. The average molecular weight is 1160 g/mol. The van der Waals surface area contributed by atoms with Crippen molar-refractivity contribution in [3.63, 3.8) is 0 Å². The number of phosphoric ester groups is 4. The van der Waals surface area contributed by atoms with Crippen molar-refractivity contribution in [3.8, 4) is 0 Å². The van der Waals surface area contributed by atoms with Crippen molar-refractivity contribution in [1.29, 1.82) is 0 Å². The minimum atomic E-state index is -6.37. The van der Waals surface area contributed by atoms with Crippen molar-refractivity contribution in [3.05, 3.63) is 0 Å². The zero-order valence-corrected chi connectivity index (χ0v) is 61.1. The van der Waals surface area contributed by atoms with Crippen molar-refractivity contribution >= 4 is 43.2 Å². The Balaban J connectivity index is -0.00000117. The molecule has 0 radical (unpaired) electrons. The van der Waals surface area contributed by atoms with Crippen LogP contribution in [0.25, 0.3) is 0 Å². The number of esters is 2. The van der Waals surface area contributed by atoms with Crippen LogP contribution in [0.3, 0.4) is 0 Å². The molecule has 1 saturated carbocycles. The van der Waals surface area contributed by atoms with E-state index in [4.69, 9.17) is 19.7 Å². The van der Waals surface area contributed by atoms with Crippen molar-refractivity contribution in [2.24, 2.45) is 11.7 Å². The van der Waals surface area contributed by atoms with E-state index in [0.29, 0.717) is 19.4 Å². The van der Waals surface area contributed by atoms with Crippen molar-refractivity contribution in [2.75, 3.05) is 26.4 Å². The second-order valence-electron chi connectivity index (χ2n) is 15.9. The van der Waals surface area contributed by atoms with Gasteiger partial charge < -0.3 is 96.0 Å². The molecule has 1 rings (SSSR count). The average Bonchev–Trinajstić information content (AvgIpc) is 3.19. The van der Waals surface area contributed by atoms with Gasteiger partial charge in [-0.25, -0.2) is 0 Å². The largest absolute Gasteiger partial charge is 1.00 e. The van der Waals surface area contributed by atoms with Gasteiger partial charge in [0, 0.05) is 6.42 Å². The summed E-state index contributed by atoms with van der Waals surface area (Å²) in [6.07, 6.45) is 4.10. The van der Waals surface area contributed by atoms with Gasteiger partial charge in [-0.15, -0.1) is 0 Å². The molecule has 8 atom stereocenters. The normalized spacial score (nSPS) is 20.0. The van der Waals surface area contributed by atoms with Gasteiger partial charge in [-0.1, -0.05) is 129 Å². The van der Waals surface area contributed by atoms with Gasteiger partial charge in [0.1, 0.15) is 49.1 Å². The van der Waals surface area contributed by atoms with Crippen LogP contribution in [0.1, 0.15) is 155 Å². The molecule has 4 N–H and O–H groups in total. The molecule has 0 aliphatic heterocycles. The van der Waals surface area contributed by atoms with Gasteiger partial charge in [-0.3, -0.25) is 14.2 Å². The third-order valence-corrected chi connectivity index (χ3v) is 12.8. The maximum absolute atomic E-state index is 13.1. The van der Waals surface area contributed by atoms with E-state index in [2.05, 4.69) is 25.0 Å². The summed E-state index contributed by atoms with van der Waals surface area (Å²) < 4.78 is 79.2. The van der Waals surface area contributed by atoms with E-state index in [-0.39, 0.29) is 220 Å². The summed E-state index contributed by atoms with van der Waals surface area (Å²) in [4.78, 5) is 107. The Labute approximate surface area is 575 Å². The fourth-order valence-electron chi connectivity index (χ4n) is 6.96. The number of aliphatic hydroxyl groups is 2. The van der Waals surface area contributed by atoms with Crippen LogP contribution in [0.15, 0.2) is 0 Å². The maximum atomic E-state index is 13.1. The van der Waals surface area contributed by atoms with Crippen LogP contribution in [-0.2, 0) is 59.9 Å². The van der Waals surface area contributed by atoms with Crippen LogP contribution in [0.5, 0.6) is 0 Å². The molecule has 0 aromatic carbocycles. The smallest absolute Gasteiger partial charge is 0.790 e. The van der Waals surface area contributed by atoms with Crippen LogP contribution >= 0.6 is 31.3 Å². The van der Waals surface area contributed by atoms with Crippen molar-refractivity contribution in [2.45, 2.75) is 191 Å². The van der Waals surface area contributed by atoms with Gasteiger partial charge >= 0.3 is 219 Å². The summed E-state index contributed by atoms with van der Waals surface area (Å²) in [6.45, 7) is 0.849. The fourth-order valence-corrected chi connectivity index (χ4v) is 9.55. The Morgan fingerprint density at radius 2 is 0.831 bits per heavy atom. The predicted octanol–water partition coefficient (Wildman–Crippen LogP) is -20.1. The Bertz CT molecular complexity index is 1470. The molecule has 0 spiro atoms. The van der Waals surface area contributed by atoms with E-state index >= 15 is 0 Å². The summed E-state index contributed by atoms with van der Waals surface area (Å²) in [6, 6.07) is 0. The summed E-state index contributed by atoms with van der Waals surface area (Å²) in [5.74, 6) is -3.39. The third kappa shape index (κ3) is 48.4. The first-order valence-corrected chi connectivity index (χ1v) is 28.0. The molecule has 71 heavy (non-hydrogen) atoms. The predicted molar refractivity (Wildman–Crippen MR) is 214 cm³/mol. The number of phosphoric acid groups is 4. The first kappa shape index (κ1) is 91.0. The number of hydrogen-bond donors (Lipinski definition) is 3. The Kier molecular flexibility index (Phi) is 66.5. The van der Waals surface area contributed by atoms with E-state index < -0.39 is 99.0 Å². The Morgan fingerprint density at radius 1 is 0.479 bits per heavy atom. The maximum Gasteiger partial charge on any atom is 1.00 e. The van der Waals surface area contributed by atoms with Gasteiger partial charge in [0.15, 0.2) is 0 Å². The first-order valence-electron chi connectivity index (χ1n) is 22.1. The summed E-state index contributed by atoms with van der Waals surface area (Å²) in [5.41, 5.74) is 5.50. The molecule has 380 valence electrons. The molecule has 4 unspecified atom stereocenters. The van der Waals surface area contributed by atoms with E-state index in [9.17, 15) is 72.3 Å². The molecule has 23 nitrogen and oxygen atoms in total. The minimum absolute atomic E-state index is 0. The molecule has 1 fully saturated rings. The minimum Gasteiger partial charge on any atom is -0.790 e. The molecule has 0 aromatic heterocycles. The molecule has 34 heteroatoms. The fraction of sp³-hybridized carbons (Fsp3) is 0.946. The Hall–Kier alpha value is 6.26. The van der Waals surface area contributed by atoms with Gasteiger partial charge in [0.25, 0.3) is 7.82 Å². The van der Waals surface area contributed by atoms with Crippen LogP contribution in [0, 0.1) is 5.92 Å². The summed E-state index contributed by atoms with van der Waals surface area (Å²) in [5, 5.41) is 21.5. The van der Waals surface area contributed by atoms with Crippen LogP contribution in [0.4, 0.5) is 0 Å². The van der Waals surface area contributed by atoms with E-state index in [0.717, 1.165) is 83.5 Å². The van der Waals surface area contributed by atoms with Crippen molar-refractivity contribution < 1.29 is 311 Å². The molecular weight excluding hydrogens is 1100 g/mol. The van der Waals surface area contributed by atoms with E-state index in [1.54, 1.807) is 0 Å². The van der Waals surface area contributed by atoms with Crippen LogP contribution < -0.4 is 247 Å². The number of unbranched alkanes of at least 4 members (excludes halogenated alkanes) is 20. The first-order chi connectivity index (χ1) is 30.0. The molecule has 1 aliphatic rings. The molecule has 0 saturated heterocycles. The molecule has 0 amide bonds. The SMILES string of the molecule is CCCCCCCCCCCCCCCOC(=O)C(COC(=O)CCCCCCCCCCCN)COP(=O)([O-])OC1[C@H](O)[C@H](OP(=O)([O-])[O-])C(OP(=O)([O-])[O-])[C@H](OP(=O)([O-])[O-])[C@H]1O.[Na+].[Na+].[Na+].[Na+].[Na+].[Na+].[Na+]. The number of rotatable bonds is 39. The zero-order chi connectivity index (χ0) is 48.2. The van der Waals surface area contributed by atoms with Crippen molar-refractivity contribution in [1.82, 2.24) is 0 Å². The number of carbonyl (C=O) groups is 2. The summed E-state index contributed by atoms with van der Waals surface area (Å²) >= 11 is 0. The summed E-state index contributed by atoms with van der Waals surface area (Å²) in [7, 11) is -25.1. The van der Waals surface area contributed by atoms with Gasteiger partial charge in [-0.2, -0.15) is 0 Å². The third-order valence-electron chi connectivity index (χ3n) is 10.3. The van der Waals surface area contributed by atoms with Gasteiger partial charge in [0.2, 0.25) is 0 Å². The number of nitrogens with two attached hydrogens (primary N) is 1. The molecule has 0 heterocycles. The topological polar surface area (TPSA) is 395 Å².